The Morgan fingerprint density at radius 3 is 2.38 bits per heavy atom. The van der Waals surface area contributed by atoms with Crippen molar-refractivity contribution in [3.8, 4) is 0 Å². The largest absolute Gasteiger partial charge is 0.395 e. The normalized spacial score (nSPS) is 14.7. The zero-order valence-electron chi connectivity index (χ0n) is 18.6. The summed E-state index contributed by atoms with van der Waals surface area (Å²) in [5.74, 6) is -1.23. The van der Waals surface area contributed by atoms with Crippen LogP contribution in [-0.4, -0.2) is 84.6 Å². The van der Waals surface area contributed by atoms with E-state index in [0.717, 1.165) is 12.1 Å². The van der Waals surface area contributed by atoms with Crippen LogP contribution < -0.4 is 0 Å². The van der Waals surface area contributed by atoms with Crippen LogP contribution in [0.15, 0.2) is 47.8 Å². The molecule has 0 fully saturated rings. The number of benzene rings is 1. The first kappa shape index (κ1) is 25.8. The molecule has 1 heterocycles. The van der Waals surface area contributed by atoms with Gasteiger partial charge in [-0.1, -0.05) is 6.92 Å². The van der Waals surface area contributed by atoms with Gasteiger partial charge in [0, 0.05) is 45.7 Å². The molecule has 0 radical (unpaired) electrons. The number of amides is 1. The van der Waals surface area contributed by atoms with Crippen LogP contribution in [0, 0.1) is 11.7 Å². The zero-order valence-corrected chi connectivity index (χ0v) is 19.4. The van der Waals surface area contributed by atoms with E-state index in [1.165, 1.54) is 47.0 Å². The second-order valence-electron chi connectivity index (χ2n) is 7.59. The molecule has 2 aromatic rings. The molecule has 2 rings (SSSR count). The van der Waals surface area contributed by atoms with Gasteiger partial charge in [0.2, 0.25) is 10.0 Å². The third-order valence-electron chi connectivity index (χ3n) is 5.16. The molecule has 0 saturated carbocycles. The van der Waals surface area contributed by atoms with Crippen LogP contribution >= 0.6 is 0 Å². The lowest BCUT2D eigenvalue weighted by molar-refractivity contribution is 0.0219. The van der Waals surface area contributed by atoms with Crippen LogP contribution in [0.25, 0.3) is 0 Å². The van der Waals surface area contributed by atoms with Gasteiger partial charge in [0.05, 0.1) is 23.8 Å². The van der Waals surface area contributed by atoms with E-state index in [2.05, 4.69) is 9.97 Å². The van der Waals surface area contributed by atoms with E-state index in [4.69, 9.17) is 4.74 Å². The second kappa shape index (κ2) is 11.4. The standard InChI is InChI=1S/C21H29FN4O5S/c1-15(20(31-4)13-25(3)21(28)19-11-23-9-10-24-19)12-26(16(2)14-27)32(29,30)18-7-5-17(22)6-8-18/h5-11,15-16,20,27H,12-14H2,1-4H3/t15-,16-,20+/m1/s1. The minimum absolute atomic E-state index is 0.0209. The highest BCUT2D eigenvalue weighted by molar-refractivity contribution is 7.89. The number of likely N-dealkylation sites (N-methyl/N-ethyl adjacent to an activating group) is 1. The number of nitrogens with zero attached hydrogens (tertiary/aromatic N) is 4. The number of aliphatic hydroxyl groups is 1. The molecule has 1 aromatic carbocycles. The molecule has 3 atom stereocenters. The lowest BCUT2D eigenvalue weighted by Gasteiger charge is -2.33. The minimum Gasteiger partial charge on any atom is -0.395 e. The average Bonchev–Trinajstić information content (AvgIpc) is 2.80. The molecule has 9 nitrogen and oxygen atoms in total. The molecule has 0 aliphatic heterocycles. The Hall–Kier alpha value is -2.47. The van der Waals surface area contributed by atoms with E-state index in [-0.39, 0.29) is 35.5 Å². The molecular weight excluding hydrogens is 439 g/mol. The number of hydrogen-bond donors (Lipinski definition) is 1. The van der Waals surface area contributed by atoms with E-state index in [1.54, 1.807) is 20.9 Å². The third kappa shape index (κ3) is 6.28. The van der Waals surface area contributed by atoms with Gasteiger partial charge in [-0.2, -0.15) is 4.31 Å². The van der Waals surface area contributed by atoms with Crippen LogP contribution in [0.5, 0.6) is 0 Å². The lowest BCUT2D eigenvalue weighted by Crippen LogP contribution is -2.47. The van der Waals surface area contributed by atoms with Gasteiger partial charge in [-0.25, -0.2) is 17.8 Å². The Morgan fingerprint density at radius 1 is 1.19 bits per heavy atom. The highest BCUT2D eigenvalue weighted by atomic mass is 32.2. The molecule has 11 heteroatoms. The summed E-state index contributed by atoms with van der Waals surface area (Å²) in [5, 5.41) is 9.65. The molecule has 1 amide bonds. The van der Waals surface area contributed by atoms with Gasteiger partial charge in [-0.3, -0.25) is 9.78 Å². The number of aliphatic hydroxyl groups excluding tert-OH is 1. The average molecular weight is 469 g/mol. The first-order chi connectivity index (χ1) is 15.1. The molecule has 32 heavy (non-hydrogen) atoms. The first-order valence-corrected chi connectivity index (χ1v) is 11.5. The van der Waals surface area contributed by atoms with Crippen molar-refractivity contribution >= 4 is 15.9 Å². The summed E-state index contributed by atoms with van der Waals surface area (Å²) in [7, 11) is -0.923. The maximum absolute atomic E-state index is 13.3. The Morgan fingerprint density at radius 2 is 1.84 bits per heavy atom. The molecule has 0 bridgehead atoms. The third-order valence-corrected chi connectivity index (χ3v) is 7.16. The predicted molar refractivity (Wildman–Crippen MR) is 116 cm³/mol. The Bertz CT molecular complexity index is 975. The monoisotopic (exact) mass is 468 g/mol. The summed E-state index contributed by atoms with van der Waals surface area (Å²) in [6.07, 6.45) is 3.75. The topological polar surface area (TPSA) is 113 Å². The maximum Gasteiger partial charge on any atom is 0.273 e. The molecule has 0 aliphatic rings. The molecule has 0 spiro atoms. The van der Waals surface area contributed by atoms with Crippen molar-refractivity contribution in [1.29, 1.82) is 0 Å². The molecule has 176 valence electrons. The summed E-state index contributed by atoms with van der Waals surface area (Å²) >= 11 is 0. The van der Waals surface area contributed by atoms with Crippen LogP contribution in [0.2, 0.25) is 0 Å². The molecule has 0 aliphatic carbocycles. The van der Waals surface area contributed by atoms with Gasteiger partial charge in [-0.05, 0) is 37.1 Å². The molecule has 1 aromatic heterocycles. The fraction of sp³-hybridized carbons (Fsp3) is 0.476. The predicted octanol–water partition coefficient (Wildman–Crippen LogP) is 1.41. The smallest absolute Gasteiger partial charge is 0.273 e. The summed E-state index contributed by atoms with van der Waals surface area (Å²) in [5.41, 5.74) is 0.187. The van der Waals surface area contributed by atoms with Crippen molar-refractivity contribution in [3.63, 3.8) is 0 Å². The number of ether oxygens (including phenoxy) is 1. The van der Waals surface area contributed by atoms with Crippen molar-refractivity contribution in [1.82, 2.24) is 19.2 Å². The van der Waals surface area contributed by atoms with Crippen LogP contribution in [-0.2, 0) is 14.8 Å². The van der Waals surface area contributed by atoms with Crippen molar-refractivity contribution in [3.05, 3.63) is 54.4 Å². The first-order valence-electron chi connectivity index (χ1n) is 10.0. The fourth-order valence-electron chi connectivity index (χ4n) is 3.19. The van der Waals surface area contributed by atoms with Crippen molar-refractivity contribution in [2.75, 3.05) is 33.9 Å². The quantitative estimate of drug-likeness (QED) is 0.531. The SMILES string of the molecule is CO[C@@H](CN(C)C(=O)c1cnccn1)[C@H](C)CN([C@H](C)CO)S(=O)(=O)c1ccc(F)cc1. The highest BCUT2D eigenvalue weighted by Gasteiger charge is 2.33. The van der Waals surface area contributed by atoms with Gasteiger partial charge >= 0.3 is 0 Å². The van der Waals surface area contributed by atoms with Gasteiger partial charge in [0.1, 0.15) is 11.5 Å². The molecule has 0 unspecified atom stereocenters. The summed E-state index contributed by atoms with van der Waals surface area (Å²) in [6.45, 7) is 3.19. The molecule has 1 N–H and O–H groups in total. The molecular formula is C21H29FN4O5S. The summed E-state index contributed by atoms with van der Waals surface area (Å²) in [4.78, 5) is 21.8. The summed E-state index contributed by atoms with van der Waals surface area (Å²) in [6, 6.07) is 3.80. The number of methoxy groups -OCH3 is 1. The van der Waals surface area contributed by atoms with Crippen LogP contribution in [0.4, 0.5) is 4.39 Å². The lowest BCUT2D eigenvalue weighted by atomic mass is 10.0. The van der Waals surface area contributed by atoms with E-state index >= 15 is 0 Å². The van der Waals surface area contributed by atoms with Gasteiger partial charge in [0.15, 0.2) is 0 Å². The Labute approximate surface area is 187 Å². The Kier molecular flexibility index (Phi) is 9.20. The number of rotatable bonds is 11. The van der Waals surface area contributed by atoms with E-state index in [9.17, 15) is 22.7 Å². The number of hydrogen-bond acceptors (Lipinski definition) is 7. The van der Waals surface area contributed by atoms with Crippen molar-refractivity contribution in [2.45, 2.75) is 30.9 Å². The highest BCUT2D eigenvalue weighted by Crippen LogP contribution is 2.22. The van der Waals surface area contributed by atoms with E-state index in [0.29, 0.717) is 0 Å². The zero-order chi connectivity index (χ0) is 23.9. The van der Waals surface area contributed by atoms with Gasteiger partial charge in [0.25, 0.3) is 5.91 Å². The number of carbonyl (C=O) groups is 1. The minimum atomic E-state index is -4.00. The van der Waals surface area contributed by atoms with Crippen LogP contribution in [0.1, 0.15) is 24.3 Å². The second-order valence-corrected chi connectivity index (χ2v) is 9.48. The fourth-order valence-corrected chi connectivity index (χ4v) is 4.92. The summed E-state index contributed by atoms with van der Waals surface area (Å²) < 4.78 is 46.3. The maximum atomic E-state index is 13.3. The van der Waals surface area contributed by atoms with E-state index in [1.807, 2.05) is 0 Å². The van der Waals surface area contributed by atoms with E-state index < -0.39 is 34.6 Å². The van der Waals surface area contributed by atoms with Gasteiger partial charge < -0.3 is 14.7 Å². The number of sulfonamides is 1. The number of carbonyl (C=O) groups excluding carboxylic acids is 1. The van der Waals surface area contributed by atoms with Crippen molar-refractivity contribution in [2.24, 2.45) is 5.92 Å². The van der Waals surface area contributed by atoms with Gasteiger partial charge in [-0.15, -0.1) is 0 Å². The Balaban J connectivity index is 2.19. The molecule has 0 saturated heterocycles. The van der Waals surface area contributed by atoms with Crippen molar-refractivity contribution < 1.29 is 27.4 Å². The number of aromatic nitrogens is 2. The number of halogens is 1. The van der Waals surface area contributed by atoms with Crippen LogP contribution in [0.3, 0.4) is 0 Å².